The van der Waals surface area contributed by atoms with Gasteiger partial charge in [-0.1, -0.05) is 23.7 Å². The second kappa shape index (κ2) is 9.52. The molecule has 30 heavy (non-hydrogen) atoms. The first-order valence-corrected chi connectivity index (χ1v) is 11.5. The van der Waals surface area contributed by atoms with E-state index in [0.29, 0.717) is 16.1 Å². The first-order valence-electron chi connectivity index (χ1n) is 8.22. The van der Waals surface area contributed by atoms with Crippen molar-refractivity contribution in [2.45, 2.75) is 13.1 Å². The van der Waals surface area contributed by atoms with Crippen LogP contribution < -0.4 is 9.73 Å². The Morgan fingerprint density at radius 1 is 1.20 bits per heavy atom. The normalized spacial score (nSPS) is 12.6. The van der Waals surface area contributed by atoms with Gasteiger partial charge in [-0.3, -0.25) is 9.10 Å². The second-order valence-corrected chi connectivity index (χ2v) is 9.73. The van der Waals surface area contributed by atoms with Crippen LogP contribution in [-0.4, -0.2) is 32.8 Å². The van der Waals surface area contributed by atoms with Crippen molar-refractivity contribution in [3.05, 3.63) is 62.2 Å². The van der Waals surface area contributed by atoms with Crippen LogP contribution in [0, 0.1) is 3.57 Å². The third-order valence-corrected chi connectivity index (χ3v) is 6.03. The maximum absolute atomic E-state index is 13.1. The maximum atomic E-state index is 13.1. The Hall–Kier alpha value is -1.86. The minimum absolute atomic E-state index is 0.345. The zero-order chi connectivity index (χ0) is 22.7. The Kier molecular flexibility index (Phi) is 7.74. The van der Waals surface area contributed by atoms with Crippen LogP contribution in [0.2, 0.25) is 5.02 Å². The lowest BCUT2D eigenvalue weighted by atomic mass is 10.1. The molecule has 2 rings (SSSR count). The topological polar surface area (TPSA) is 78.8 Å². The lowest BCUT2D eigenvalue weighted by molar-refractivity contribution is -0.137. The number of carbonyl (C=O) groups is 1. The van der Waals surface area contributed by atoms with E-state index in [4.69, 9.17) is 11.6 Å². The summed E-state index contributed by atoms with van der Waals surface area (Å²) in [5, 5.41) is 3.33. The summed E-state index contributed by atoms with van der Waals surface area (Å²) in [5.41, 5.74) is 1.87. The van der Waals surface area contributed by atoms with Crippen molar-refractivity contribution in [2.75, 3.05) is 17.1 Å². The summed E-state index contributed by atoms with van der Waals surface area (Å²) >= 11 is 7.71. The fourth-order valence-corrected chi connectivity index (χ4v) is 3.79. The molecule has 2 aromatic rings. The Labute approximate surface area is 190 Å². The van der Waals surface area contributed by atoms with E-state index in [-0.39, 0.29) is 5.69 Å². The molecule has 0 aromatic heterocycles. The molecule has 1 amide bonds. The van der Waals surface area contributed by atoms with E-state index in [0.717, 1.165) is 27.5 Å². The van der Waals surface area contributed by atoms with Gasteiger partial charge in [-0.05, 0) is 65.4 Å². The molecule has 0 saturated carbocycles. The van der Waals surface area contributed by atoms with Crippen molar-refractivity contribution in [1.82, 2.24) is 5.43 Å². The molecule has 0 radical (unpaired) electrons. The summed E-state index contributed by atoms with van der Waals surface area (Å²) in [4.78, 5) is 12.2. The van der Waals surface area contributed by atoms with E-state index in [1.807, 2.05) is 12.1 Å². The van der Waals surface area contributed by atoms with Crippen molar-refractivity contribution in [1.29, 1.82) is 0 Å². The molecule has 0 aliphatic carbocycles. The summed E-state index contributed by atoms with van der Waals surface area (Å²) in [7, 11) is -4.07. The SMILES string of the molecule is C/C(=N/NC(=O)CN(c1ccc(Cl)c(C(F)(F)F)c1)S(C)(=O)=O)c1ccc(I)cc1. The molecule has 1 N–H and O–H groups in total. The number of alkyl halides is 3. The van der Waals surface area contributed by atoms with Gasteiger partial charge in [0.15, 0.2) is 0 Å². The monoisotopic (exact) mass is 573 g/mol. The molecule has 2 aromatic carbocycles. The quantitative estimate of drug-likeness (QED) is 0.319. The van der Waals surface area contributed by atoms with Crippen molar-refractivity contribution >= 4 is 61.5 Å². The van der Waals surface area contributed by atoms with Gasteiger partial charge in [0.05, 0.1) is 28.2 Å². The first-order chi connectivity index (χ1) is 13.8. The number of nitrogens with zero attached hydrogens (tertiary/aromatic N) is 2. The third kappa shape index (κ3) is 6.57. The number of rotatable bonds is 6. The second-order valence-electron chi connectivity index (χ2n) is 6.17. The molecule has 0 aliphatic rings. The molecule has 6 nitrogen and oxygen atoms in total. The number of nitrogens with one attached hydrogen (secondary N) is 1. The molecule has 0 aliphatic heterocycles. The fraction of sp³-hybridized carbons (Fsp3) is 0.222. The molecule has 0 spiro atoms. The minimum atomic E-state index is -4.78. The number of halogens is 5. The molecule has 0 atom stereocenters. The summed E-state index contributed by atoms with van der Waals surface area (Å²) in [5.74, 6) is -0.825. The zero-order valence-corrected chi connectivity index (χ0v) is 19.4. The van der Waals surface area contributed by atoms with E-state index in [1.54, 1.807) is 19.1 Å². The average molecular weight is 574 g/mol. The number of hydrazone groups is 1. The molecule has 0 saturated heterocycles. The minimum Gasteiger partial charge on any atom is -0.271 e. The third-order valence-electron chi connectivity index (χ3n) is 3.84. The van der Waals surface area contributed by atoms with Gasteiger partial charge in [-0.15, -0.1) is 0 Å². The zero-order valence-electron chi connectivity index (χ0n) is 15.7. The smallest absolute Gasteiger partial charge is 0.271 e. The molecule has 0 heterocycles. The van der Waals surface area contributed by atoms with Gasteiger partial charge in [-0.25, -0.2) is 13.8 Å². The number of carbonyl (C=O) groups excluding carboxylic acids is 1. The van der Waals surface area contributed by atoms with Crippen LogP contribution in [0.15, 0.2) is 47.6 Å². The first kappa shape index (κ1) is 24.4. The molecule has 0 unspecified atom stereocenters. The van der Waals surface area contributed by atoms with Crippen LogP contribution in [0.1, 0.15) is 18.1 Å². The Bertz CT molecular complexity index is 1070. The van der Waals surface area contributed by atoms with Crippen LogP contribution in [0.25, 0.3) is 0 Å². The molecular weight excluding hydrogens is 558 g/mol. The van der Waals surface area contributed by atoms with Gasteiger partial charge in [0.25, 0.3) is 5.91 Å². The van der Waals surface area contributed by atoms with Crippen molar-refractivity contribution in [3.63, 3.8) is 0 Å². The van der Waals surface area contributed by atoms with Gasteiger partial charge in [-0.2, -0.15) is 18.3 Å². The van der Waals surface area contributed by atoms with Crippen molar-refractivity contribution in [3.8, 4) is 0 Å². The summed E-state index contributed by atoms with van der Waals surface area (Å²) < 4.78 is 65.0. The Morgan fingerprint density at radius 2 is 1.80 bits per heavy atom. The highest BCUT2D eigenvalue weighted by atomic mass is 127. The predicted octanol–water partition coefficient (Wildman–Crippen LogP) is 4.27. The van der Waals surface area contributed by atoms with E-state index < -0.39 is 39.2 Å². The summed E-state index contributed by atoms with van der Waals surface area (Å²) in [6.07, 6.45) is -4.00. The van der Waals surface area contributed by atoms with E-state index in [9.17, 15) is 26.4 Å². The Morgan fingerprint density at radius 3 is 2.33 bits per heavy atom. The predicted molar refractivity (Wildman–Crippen MR) is 118 cm³/mol. The van der Waals surface area contributed by atoms with E-state index in [2.05, 4.69) is 33.1 Å². The lowest BCUT2D eigenvalue weighted by Crippen LogP contribution is -2.39. The number of amides is 1. The lowest BCUT2D eigenvalue weighted by Gasteiger charge is -2.22. The van der Waals surface area contributed by atoms with Crippen molar-refractivity contribution in [2.24, 2.45) is 5.10 Å². The molecule has 0 fully saturated rings. The van der Waals surface area contributed by atoms with Gasteiger partial charge in [0.1, 0.15) is 6.54 Å². The van der Waals surface area contributed by atoms with Gasteiger partial charge >= 0.3 is 6.18 Å². The standard InChI is InChI=1S/C18H16ClF3IN3O3S/c1-11(12-3-5-13(23)6-4-12)24-25-17(27)10-26(30(2,28)29)14-7-8-16(19)15(9-14)18(20,21)22/h3-9H,10H2,1-2H3,(H,25,27)/b24-11-. The van der Waals surface area contributed by atoms with Crippen LogP contribution in [-0.2, 0) is 21.0 Å². The molecular formula is C18H16ClF3IN3O3S. The van der Waals surface area contributed by atoms with Crippen LogP contribution in [0.3, 0.4) is 0 Å². The van der Waals surface area contributed by atoms with Gasteiger partial charge < -0.3 is 0 Å². The van der Waals surface area contributed by atoms with Crippen LogP contribution in [0.4, 0.5) is 18.9 Å². The fourth-order valence-electron chi connectivity index (χ4n) is 2.35. The van der Waals surface area contributed by atoms with Gasteiger partial charge in [0.2, 0.25) is 10.0 Å². The van der Waals surface area contributed by atoms with E-state index in [1.165, 1.54) is 0 Å². The van der Waals surface area contributed by atoms with Crippen LogP contribution >= 0.6 is 34.2 Å². The van der Waals surface area contributed by atoms with Crippen molar-refractivity contribution < 1.29 is 26.4 Å². The summed E-state index contributed by atoms with van der Waals surface area (Å²) in [6.45, 7) is 0.882. The molecule has 162 valence electrons. The van der Waals surface area contributed by atoms with Crippen LogP contribution in [0.5, 0.6) is 0 Å². The molecule has 12 heteroatoms. The highest BCUT2D eigenvalue weighted by Crippen LogP contribution is 2.37. The average Bonchev–Trinajstić information content (AvgIpc) is 2.63. The Balaban J connectivity index is 2.24. The summed E-state index contributed by atoms with van der Waals surface area (Å²) in [6, 6.07) is 9.88. The highest BCUT2D eigenvalue weighted by Gasteiger charge is 2.34. The number of benzene rings is 2. The number of sulfonamides is 1. The van der Waals surface area contributed by atoms with E-state index >= 15 is 0 Å². The number of hydrogen-bond donors (Lipinski definition) is 1. The number of anilines is 1. The van der Waals surface area contributed by atoms with Gasteiger partial charge in [0, 0.05) is 3.57 Å². The number of hydrogen-bond acceptors (Lipinski definition) is 4. The maximum Gasteiger partial charge on any atom is 0.417 e. The largest absolute Gasteiger partial charge is 0.417 e. The molecule has 0 bridgehead atoms. The highest BCUT2D eigenvalue weighted by molar-refractivity contribution is 14.1.